The van der Waals surface area contributed by atoms with Crippen LogP contribution in [0, 0.1) is 6.92 Å². The van der Waals surface area contributed by atoms with Gasteiger partial charge in [0, 0.05) is 24.0 Å². The predicted octanol–water partition coefficient (Wildman–Crippen LogP) is 3.07. The second-order valence-corrected chi connectivity index (χ2v) is 4.28. The Morgan fingerprint density at radius 3 is 2.58 bits per heavy atom. The van der Waals surface area contributed by atoms with Crippen LogP contribution in [0.2, 0.25) is 0 Å². The zero-order valence-electron chi connectivity index (χ0n) is 11.1. The molecule has 0 fully saturated rings. The van der Waals surface area contributed by atoms with Crippen LogP contribution in [-0.2, 0) is 0 Å². The molecule has 1 aromatic heterocycles. The van der Waals surface area contributed by atoms with E-state index in [4.69, 9.17) is 0 Å². The Morgan fingerprint density at radius 1 is 1.21 bits per heavy atom. The summed E-state index contributed by atoms with van der Waals surface area (Å²) >= 11 is 0. The molecule has 2 N–H and O–H groups in total. The third-order valence-corrected chi connectivity index (χ3v) is 2.69. The number of hydrogen-bond donors (Lipinski definition) is 2. The van der Waals surface area contributed by atoms with Crippen molar-refractivity contribution in [2.24, 2.45) is 0 Å². The van der Waals surface area contributed by atoms with Crippen molar-refractivity contribution in [3.63, 3.8) is 0 Å². The molecule has 0 aliphatic carbocycles. The van der Waals surface area contributed by atoms with Gasteiger partial charge in [-0.3, -0.25) is 4.79 Å². The molecule has 0 unspecified atom stereocenters. The van der Waals surface area contributed by atoms with Crippen LogP contribution in [0.5, 0.6) is 0 Å². The summed E-state index contributed by atoms with van der Waals surface area (Å²) in [5.74, 6) is 0.418. The van der Waals surface area contributed by atoms with Crippen molar-refractivity contribution in [3.8, 4) is 0 Å². The lowest BCUT2D eigenvalue weighted by Crippen LogP contribution is -2.13. The van der Waals surface area contributed by atoms with Crippen molar-refractivity contribution >= 4 is 17.4 Å². The number of aryl methyl sites for hydroxylation is 1. The van der Waals surface area contributed by atoms with E-state index in [2.05, 4.69) is 15.6 Å². The van der Waals surface area contributed by atoms with E-state index >= 15 is 0 Å². The minimum Gasteiger partial charge on any atom is -0.385 e. The topological polar surface area (TPSA) is 54.0 Å². The average Bonchev–Trinajstić information content (AvgIpc) is 2.40. The molecule has 2 aromatic rings. The second-order valence-electron chi connectivity index (χ2n) is 4.28. The number of anilines is 2. The number of benzene rings is 1. The standard InChI is InChI=1S/C15H17N3O/c1-3-16-13-6-4-12(5-7-13)15(19)18-14-10-11(2)8-9-17-14/h4-10,16H,3H2,1-2H3,(H,17,18,19). The third kappa shape index (κ3) is 3.55. The molecule has 1 amide bonds. The number of aromatic nitrogens is 1. The van der Waals surface area contributed by atoms with Crippen LogP contribution < -0.4 is 10.6 Å². The number of carbonyl (C=O) groups excluding carboxylic acids is 1. The number of pyridine rings is 1. The Bertz CT molecular complexity index is 564. The fourth-order valence-electron chi connectivity index (χ4n) is 1.74. The number of carbonyl (C=O) groups is 1. The summed E-state index contributed by atoms with van der Waals surface area (Å²) in [7, 11) is 0. The molecule has 0 aliphatic rings. The van der Waals surface area contributed by atoms with Crippen LogP contribution in [-0.4, -0.2) is 17.4 Å². The van der Waals surface area contributed by atoms with Gasteiger partial charge in [0.05, 0.1) is 0 Å². The second kappa shape index (κ2) is 6.00. The van der Waals surface area contributed by atoms with Crippen LogP contribution in [0.4, 0.5) is 11.5 Å². The number of hydrogen-bond acceptors (Lipinski definition) is 3. The van der Waals surface area contributed by atoms with Crippen molar-refractivity contribution in [2.75, 3.05) is 17.2 Å². The van der Waals surface area contributed by atoms with E-state index in [1.807, 2.05) is 38.1 Å². The summed E-state index contributed by atoms with van der Waals surface area (Å²) in [6.07, 6.45) is 1.68. The smallest absolute Gasteiger partial charge is 0.256 e. The van der Waals surface area contributed by atoms with Crippen LogP contribution in [0.3, 0.4) is 0 Å². The maximum Gasteiger partial charge on any atom is 0.256 e. The van der Waals surface area contributed by atoms with Crippen molar-refractivity contribution in [1.29, 1.82) is 0 Å². The molecule has 0 radical (unpaired) electrons. The average molecular weight is 255 g/mol. The first-order valence-corrected chi connectivity index (χ1v) is 6.27. The SMILES string of the molecule is CCNc1ccc(C(=O)Nc2cc(C)ccn2)cc1. The number of amides is 1. The lowest BCUT2D eigenvalue weighted by molar-refractivity contribution is 0.102. The van der Waals surface area contributed by atoms with Gasteiger partial charge < -0.3 is 10.6 Å². The summed E-state index contributed by atoms with van der Waals surface area (Å²) in [5, 5.41) is 5.97. The quantitative estimate of drug-likeness (QED) is 0.882. The zero-order chi connectivity index (χ0) is 13.7. The first-order chi connectivity index (χ1) is 9.19. The van der Waals surface area contributed by atoms with Gasteiger partial charge in [0.25, 0.3) is 5.91 Å². The first-order valence-electron chi connectivity index (χ1n) is 6.27. The minimum absolute atomic E-state index is 0.152. The van der Waals surface area contributed by atoms with Gasteiger partial charge in [-0.05, 0) is 55.8 Å². The largest absolute Gasteiger partial charge is 0.385 e. The van der Waals surface area contributed by atoms with E-state index in [0.29, 0.717) is 11.4 Å². The first kappa shape index (κ1) is 13.1. The Hall–Kier alpha value is -2.36. The molecule has 0 saturated carbocycles. The Balaban J connectivity index is 2.07. The van der Waals surface area contributed by atoms with E-state index in [1.54, 1.807) is 18.3 Å². The maximum absolute atomic E-state index is 12.0. The van der Waals surface area contributed by atoms with Gasteiger partial charge >= 0.3 is 0 Å². The van der Waals surface area contributed by atoms with Crippen LogP contribution in [0.25, 0.3) is 0 Å². The summed E-state index contributed by atoms with van der Waals surface area (Å²) in [4.78, 5) is 16.1. The minimum atomic E-state index is -0.152. The predicted molar refractivity (Wildman–Crippen MR) is 77.5 cm³/mol. The molecular formula is C15H17N3O. The van der Waals surface area contributed by atoms with E-state index in [-0.39, 0.29) is 5.91 Å². The van der Waals surface area contributed by atoms with E-state index in [0.717, 1.165) is 17.8 Å². The van der Waals surface area contributed by atoms with Gasteiger partial charge in [-0.1, -0.05) is 0 Å². The van der Waals surface area contributed by atoms with Gasteiger partial charge in [-0.15, -0.1) is 0 Å². The summed E-state index contributed by atoms with van der Waals surface area (Å²) in [6.45, 7) is 4.85. The molecule has 0 aliphatic heterocycles. The number of nitrogens with one attached hydrogen (secondary N) is 2. The van der Waals surface area contributed by atoms with Gasteiger partial charge in [0.1, 0.15) is 5.82 Å². The Labute approximate surface area is 112 Å². The molecule has 4 heteroatoms. The van der Waals surface area contributed by atoms with Crippen molar-refractivity contribution in [1.82, 2.24) is 4.98 Å². The van der Waals surface area contributed by atoms with Gasteiger partial charge in [-0.2, -0.15) is 0 Å². The fourth-order valence-corrected chi connectivity index (χ4v) is 1.74. The Kier molecular flexibility index (Phi) is 4.13. The van der Waals surface area contributed by atoms with E-state index in [1.165, 1.54) is 0 Å². The molecule has 19 heavy (non-hydrogen) atoms. The molecular weight excluding hydrogens is 238 g/mol. The molecule has 0 bridgehead atoms. The van der Waals surface area contributed by atoms with Crippen LogP contribution >= 0.6 is 0 Å². The highest BCUT2D eigenvalue weighted by Crippen LogP contribution is 2.12. The molecule has 4 nitrogen and oxygen atoms in total. The molecule has 0 spiro atoms. The summed E-state index contributed by atoms with van der Waals surface area (Å²) < 4.78 is 0. The van der Waals surface area contributed by atoms with Crippen LogP contribution in [0.15, 0.2) is 42.6 Å². The van der Waals surface area contributed by atoms with Crippen molar-refractivity contribution in [3.05, 3.63) is 53.7 Å². The molecule has 98 valence electrons. The highest BCUT2D eigenvalue weighted by Gasteiger charge is 2.06. The summed E-state index contributed by atoms with van der Waals surface area (Å²) in [5.41, 5.74) is 2.69. The van der Waals surface area contributed by atoms with Crippen molar-refractivity contribution < 1.29 is 4.79 Å². The molecule has 1 aromatic carbocycles. The molecule has 2 rings (SSSR count). The number of rotatable bonds is 4. The highest BCUT2D eigenvalue weighted by molar-refractivity contribution is 6.03. The van der Waals surface area contributed by atoms with Gasteiger partial charge in [0.2, 0.25) is 0 Å². The maximum atomic E-state index is 12.0. The third-order valence-electron chi connectivity index (χ3n) is 2.69. The van der Waals surface area contributed by atoms with Gasteiger partial charge in [0.15, 0.2) is 0 Å². The highest BCUT2D eigenvalue weighted by atomic mass is 16.1. The normalized spacial score (nSPS) is 10.0. The molecule has 0 saturated heterocycles. The van der Waals surface area contributed by atoms with Gasteiger partial charge in [-0.25, -0.2) is 4.98 Å². The van der Waals surface area contributed by atoms with E-state index in [9.17, 15) is 4.79 Å². The van der Waals surface area contributed by atoms with Crippen LogP contribution in [0.1, 0.15) is 22.8 Å². The summed E-state index contributed by atoms with van der Waals surface area (Å²) in [6, 6.07) is 11.1. The molecule has 1 heterocycles. The number of nitrogens with zero attached hydrogens (tertiary/aromatic N) is 1. The monoisotopic (exact) mass is 255 g/mol. The fraction of sp³-hybridized carbons (Fsp3) is 0.200. The molecule has 0 atom stereocenters. The van der Waals surface area contributed by atoms with E-state index < -0.39 is 0 Å². The van der Waals surface area contributed by atoms with Crippen molar-refractivity contribution in [2.45, 2.75) is 13.8 Å². The lowest BCUT2D eigenvalue weighted by atomic mass is 10.2. The zero-order valence-corrected chi connectivity index (χ0v) is 11.1. The Morgan fingerprint density at radius 2 is 1.95 bits per heavy atom. The lowest BCUT2D eigenvalue weighted by Gasteiger charge is -2.06.